The summed E-state index contributed by atoms with van der Waals surface area (Å²) >= 11 is 1.66. The van der Waals surface area contributed by atoms with E-state index >= 15 is 0 Å². The van der Waals surface area contributed by atoms with Gasteiger partial charge in [-0.1, -0.05) is 0 Å². The van der Waals surface area contributed by atoms with Crippen molar-refractivity contribution in [3.63, 3.8) is 0 Å². The van der Waals surface area contributed by atoms with Crippen molar-refractivity contribution in [1.82, 2.24) is 5.32 Å². The topological polar surface area (TPSA) is 41.5 Å². The molecule has 3 nitrogen and oxygen atoms in total. The molecular weight excluding hydrogens is 308 g/mol. The van der Waals surface area contributed by atoms with Gasteiger partial charge >= 0.3 is 0 Å². The van der Waals surface area contributed by atoms with Crippen LogP contribution in [0.4, 0.5) is 8.78 Å². The van der Waals surface area contributed by atoms with Crippen molar-refractivity contribution in [2.24, 2.45) is 0 Å². The van der Waals surface area contributed by atoms with Gasteiger partial charge in [-0.2, -0.15) is 11.3 Å². The minimum atomic E-state index is -0.963. The monoisotopic (exact) mass is 327 g/mol. The van der Waals surface area contributed by atoms with Crippen LogP contribution in [0.15, 0.2) is 35.0 Å². The van der Waals surface area contributed by atoms with Gasteiger partial charge in [-0.25, -0.2) is 8.78 Å². The molecule has 0 fully saturated rings. The van der Waals surface area contributed by atoms with Crippen LogP contribution in [-0.4, -0.2) is 30.4 Å². The predicted octanol–water partition coefficient (Wildman–Crippen LogP) is 2.99. The second-order valence-electron chi connectivity index (χ2n) is 5.19. The highest BCUT2D eigenvalue weighted by Gasteiger charge is 2.10. The zero-order valence-corrected chi connectivity index (χ0v) is 13.1. The van der Waals surface area contributed by atoms with Crippen molar-refractivity contribution in [2.75, 3.05) is 13.2 Å². The minimum Gasteiger partial charge on any atom is -0.491 e. The maximum absolute atomic E-state index is 13.0. The van der Waals surface area contributed by atoms with Crippen LogP contribution in [0, 0.1) is 11.6 Å². The van der Waals surface area contributed by atoms with Gasteiger partial charge in [0.15, 0.2) is 11.6 Å². The molecule has 0 spiro atoms. The molecule has 0 saturated carbocycles. The average Bonchev–Trinajstić information content (AvgIpc) is 2.99. The SMILES string of the molecule is CC(Cc1ccsc1)NCC(O)COc1ccc(F)c(F)c1. The lowest BCUT2D eigenvalue weighted by atomic mass is 10.1. The van der Waals surface area contributed by atoms with E-state index in [-0.39, 0.29) is 18.4 Å². The summed E-state index contributed by atoms with van der Waals surface area (Å²) in [6, 6.07) is 5.60. The highest BCUT2D eigenvalue weighted by atomic mass is 32.1. The molecule has 0 aliphatic rings. The smallest absolute Gasteiger partial charge is 0.162 e. The van der Waals surface area contributed by atoms with Crippen molar-refractivity contribution < 1.29 is 18.6 Å². The molecule has 120 valence electrons. The number of ether oxygens (including phenoxy) is 1. The summed E-state index contributed by atoms with van der Waals surface area (Å²) in [6.07, 6.45) is 0.165. The number of nitrogens with one attached hydrogen (secondary N) is 1. The first-order valence-corrected chi connectivity index (χ1v) is 7.99. The van der Waals surface area contributed by atoms with E-state index in [4.69, 9.17) is 4.74 Å². The maximum atomic E-state index is 13.0. The van der Waals surface area contributed by atoms with Gasteiger partial charge in [-0.15, -0.1) is 0 Å². The van der Waals surface area contributed by atoms with Crippen LogP contribution in [0.2, 0.25) is 0 Å². The molecule has 2 rings (SSSR count). The van der Waals surface area contributed by atoms with Crippen LogP contribution < -0.4 is 10.1 Å². The molecule has 0 saturated heterocycles. The molecule has 22 heavy (non-hydrogen) atoms. The van der Waals surface area contributed by atoms with E-state index in [0.717, 1.165) is 18.6 Å². The van der Waals surface area contributed by atoms with Gasteiger partial charge in [-0.05, 0) is 47.9 Å². The van der Waals surface area contributed by atoms with E-state index in [2.05, 4.69) is 16.8 Å². The normalized spacial score (nSPS) is 13.8. The summed E-state index contributed by atoms with van der Waals surface area (Å²) in [5.74, 6) is -1.68. The lowest BCUT2D eigenvalue weighted by molar-refractivity contribution is 0.104. The van der Waals surface area contributed by atoms with E-state index in [1.807, 2.05) is 12.3 Å². The summed E-state index contributed by atoms with van der Waals surface area (Å²) in [5, 5.41) is 17.2. The van der Waals surface area contributed by atoms with Gasteiger partial charge in [-0.3, -0.25) is 0 Å². The molecule has 2 atom stereocenters. The first-order valence-electron chi connectivity index (χ1n) is 7.05. The Labute approximate surface area is 132 Å². The molecule has 2 unspecified atom stereocenters. The molecule has 2 N–H and O–H groups in total. The number of benzene rings is 1. The van der Waals surface area contributed by atoms with E-state index in [1.54, 1.807) is 11.3 Å². The summed E-state index contributed by atoms with van der Waals surface area (Å²) in [7, 11) is 0. The second kappa shape index (κ2) is 8.22. The number of hydrogen-bond acceptors (Lipinski definition) is 4. The molecule has 0 aliphatic heterocycles. The van der Waals surface area contributed by atoms with Crippen molar-refractivity contribution in [1.29, 1.82) is 0 Å². The van der Waals surface area contributed by atoms with Crippen molar-refractivity contribution in [3.8, 4) is 5.75 Å². The summed E-state index contributed by atoms with van der Waals surface area (Å²) in [6.45, 7) is 2.43. The van der Waals surface area contributed by atoms with Gasteiger partial charge in [0, 0.05) is 18.7 Å². The summed E-state index contributed by atoms with van der Waals surface area (Å²) < 4.78 is 31.0. The molecule has 1 aromatic heterocycles. The van der Waals surface area contributed by atoms with Crippen molar-refractivity contribution in [2.45, 2.75) is 25.5 Å². The zero-order valence-electron chi connectivity index (χ0n) is 12.3. The Bertz CT molecular complexity index is 578. The number of hydrogen-bond donors (Lipinski definition) is 2. The lowest BCUT2D eigenvalue weighted by Crippen LogP contribution is -2.37. The van der Waals surface area contributed by atoms with Crippen LogP contribution in [0.3, 0.4) is 0 Å². The molecule has 1 heterocycles. The Kier molecular flexibility index (Phi) is 6.30. The molecule has 0 bridgehead atoms. The van der Waals surface area contributed by atoms with E-state index in [1.165, 1.54) is 11.6 Å². The predicted molar refractivity (Wildman–Crippen MR) is 83.3 cm³/mol. The molecule has 0 aliphatic carbocycles. The van der Waals surface area contributed by atoms with Gasteiger partial charge in [0.1, 0.15) is 18.5 Å². The maximum Gasteiger partial charge on any atom is 0.162 e. The molecule has 0 amide bonds. The van der Waals surface area contributed by atoms with E-state index in [9.17, 15) is 13.9 Å². The zero-order chi connectivity index (χ0) is 15.9. The summed E-state index contributed by atoms with van der Waals surface area (Å²) in [5.41, 5.74) is 1.26. The molecular formula is C16H19F2NO2S. The number of halogens is 2. The van der Waals surface area contributed by atoms with Gasteiger partial charge in [0.25, 0.3) is 0 Å². The van der Waals surface area contributed by atoms with Crippen molar-refractivity contribution in [3.05, 3.63) is 52.2 Å². The van der Waals surface area contributed by atoms with Crippen LogP contribution in [0.1, 0.15) is 12.5 Å². The molecule has 2 aromatic rings. The fourth-order valence-electron chi connectivity index (χ4n) is 1.99. The minimum absolute atomic E-state index is 0.0171. The van der Waals surface area contributed by atoms with Crippen LogP contribution in [-0.2, 0) is 6.42 Å². The highest BCUT2D eigenvalue weighted by molar-refractivity contribution is 7.07. The Morgan fingerprint density at radius 3 is 2.77 bits per heavy atom. The lowest BCUT2D eigenvalue weighted by Gasteiger charge is -2.17. The Morgan fingerprint density at radius 2 is 2.09 bits per heavy atom. The van der Waals surface area contributed by atoms with E-state index in [0.29, 0.717) is 6.54 Å². The third-order valence-corrected chi connectivity index (χ3v) is 3.89. The first kappa shape index (κ1) is 16.9. The van der Waals surface area contributed by atoms with Crippen LogP contribution >= 0.6 is 11.3 Å². The fourth-order valence-corrected chi connectivity index (χ4v) is 2.67. The van der Waals surface area contributed by atoms with Gasteiger partial charge in [0.05, 0.1) is 0 Å². The largest absolute Gasteiger partial charge is 0.491 e. The standard InChI is InChI=1S/C16H19F2NO2S/c1-11(6-12-4-5-22-10-12)19-8-13(20)9-21-14-2-3-15(17)16(18)7-14/h2-5,7,10-11,13,19-20H,6,8-9H2,1H3. The van der Waals surface area contributed by atoms with Gasteiger partial charge < -0.3 is 15.2 Å². The van der Waals surface area contributed by atoms with Gasteiger partial charge in [0.2, 0.25) is 0 Å². The molecule has 6 heteroatoms. The summed E-state index contributed by atoms with van der Waals surface area (Å²) in [4.78, 5) is 0. The first-order chi connectivity index (χ1) is 10.5. The second-order valence-corrected chi connectivity index (χ2v) is 5.97. The molecule has 0 radical (unpaired) electrons. The third kappa shape index (κ3) is 5.36. The number of thiophene rings is 1. The van der Waals surface area contributed by atoms with Crippen molar-refractivity contribution >= 4 is 11.3 Å². The Hall–Kier alpha value is -1.50. The Balaban J connectivity index is 1.69. The highest BCUT2D eigenvalue weighted by Crippen LogP contribution is 2.15. The number of rotatable bonds is 8. The Morgan fingerprint density at radius 1 is 1.27 bits per heavy atom. The average molecular weight is 327 g/mol. The van der Waals surface area contributed by atoms with Crippen LogP contribution in [0.5, 0.6) is 5.75 Å². The number of aliphatic hydroxyl groups is 1. The van der Waals surface area contributed by atoms with E-state index < -0.39 is 17.7 Å². The fraction of sp³-hybridized carbons (Fsp3) is 0.375. The molecule has 1 aromatic carbocycles. The number of aliphatic hydroxyl groups excluding tert-OH is 1. The van der Waals surface area contributed by atoms with Crippen LogP contribution in [0.25, 0.3) is 0 Å². The third-order valence-electron chi connectivity index (χ3n) is 3.16. The quantitative estimate of drug-likeness (QED) is 0.783.